The molecule has 0 atom stereocenters. The van der Waals surface area contributed by atoms with Crippen molar-refractivity contribution in [3.8, 4) is 5.75 Å². The number of amides is 2. The number of hydrogen-bond donors (Lipinski definition) is 1. The summed E-state index contributed by atoms with van der Waals surface area (Å²) in [4.78, 5) is 30.1. The molecule has 0 bridgehead atoms. The summed E-state index contributed by atoms with van der Waals surface area (Å²) in [5.74, 6) is 0.0674. The van der Waals surface area contributed by atoms with Gasteiger partial charge in [-0.3, -0.25) is 9.59 Å². The highest BCUT2D eigenvalue weighted by molar-refractivity contribution is 6.10. The zero-order chi connectivity index (χ0) is 21.0. The number of carbonyl (C=O) groups is 2. The van der Waals surface area contributed by atoms with Gasteiger partial charge in [0.05, 0.1) is 12.8 Å². The summed E-state index contributed by atoms with van der Waals surface area (Å²) in [5.41, 5.74) is 1.78. The van der Waals surface area contributed by atoms with Crippen LogP contribution in [0.1, 0.15) is 19.4 Å². The molecule has 1 saturated heterocycles. The number of rotatable bonds is 5. The number of benzene rings is 2. The number of methoxy groups -OCH3 is 1. The molecule has 1 aliphatic rings. The van der Waals surface area contributed by atoms with Gasteiger partial charge >= 0.3 is 0 Å². The summed E-state index contributed by atoms with van der Waals surface area (Å²) in [7, 11) is 1.55. The van der Waals surface area contributed by atoms with Gasteiger partial charge in [-0.15, -0.1) is 0 Å². The third kappa shape index (κ3) is 4.53. The van der Waals surface area contributed by atoms with Crippen LogP contribution in [0.3, 0.4) is 0 Å². The number of para-hydroxylation sites is 2. The molecule has 1 fully saturated rings. The van der Waals surface area contributed by atoms with E-state index in [1.165, 1.54) is 11.3 Å². The van der Waals surface area contributed by atoms with E-state index in [4.69, 9.17) is 4.74 Å². The van der Waals surface area contributed by atoms with Crippen LogP contribution in [0.4, 0.5) is 11.4 Å². The number of piperazine rings is 1. The lowest BCUT2D eigenvalue weighted by Gasteiger charge is -2.39. The van der Waals surface area contributed by atoms with E-state index in [2.05, 4.69) is 35.3 Å². The second-order valence-electron chi connectivity index (χ2n) is 7.90. The Balaban J connectivity index is 1.64. The van der Waals surface area contributed by atoms with Crippen molar-refractivity contribution in [2.24, 2.45) is 5.41 Å². The topological polar surface area (TPSA) is 61.9 Å². The van der Waals surface area contributed by atoms with Gasteiger partial charge in [0.2, 0.25) is 11.8 Å². The normalized spacial score (nSPS) is 14.5. The fourth-order valence-electron chi connectivity index (χ4n) is 3.51. The van der Waals surface area contributed by atoms with Gasteiger partial charge in [-0.2, -0.15) is 0 Å². The molecule has 0 aliphatic carbocycles. The summed E-state index contributed by atoms with van der Waals surface area (Å²) in [6, 6.07) is 15.6. The predicted molar refractivity (Wildman–Crippen MR) is 115 cm³/mol. The molecule has 154 valence electrons. The number of carbonyl (C=O) groups excluding carboxylic acids is 2. The highest BCUT2D eigenvalue weighted by Gasteiger charge is 2.40. The Labute approximate surface area is 172 Å². The second kappa shape index (κ2) is 8.55. The highest BCUT2D eigenvalue weighted by Crippen LogP contribution is 2.28. The number of aryl methyl sites for hydroxylation is 1. The molecule has 1 N–H and O–H groups in total. The monoisotopic (exact) mass is 395 g/mol. The highest BCUT2D eigenvalue weighted by atomic mass is 16.5. The molecule has 29 heavy (non-hydrogen) atoms. The fraction of sp³-hybridized carbons (Fsp3) is 0.391. The first-order valence-corrected chi connectivity index (χ1v) is 9.88. The van der Waals surface area contributed by atoms with Crippen LogP contribution in [0.25, 0.3) is 0 Å². The number of nitrogens with zero attached hydrogens (tertiary/aromatic N) is 2. The average Bonchev–Trinajstić information content (AvgIpc) is 2.73. The van der Waals surface area contributed by atoms with Crippen LogP contribution in [-0.4, -0.2) is 50.0 Å². The first-order chi connectivity index (χ1) is 13.8. The van der Waals surface area contributed by atoms with Gasteiger partial charge in [0, 0.05) is 31.9 Å². The van der Waals surface area contributed by atoms with Crippen LogP contribution in [0.15, 0.2) is 48.5 Å². The van der Waals surface area contributed by atoms with Crippen molar-refractivity contribution < 1.29 is 14.3 Å². The molecule has 0 spiro atoms. The molecule has 0 radical (unpaired) electrons. The number of nitrogens with one attached hydrogen (secondary N) is 1. The Morgan fingerprint density at radius 2 is 1.69 bits per heavy atom. The fourth-order valence-corrected chi connectivity index (χ4v) is 3.51. The molecule has 2 amide bonds. The first kappa shape index (κ1) is 20.7. The molecule has 6 heteroatoms. The molecule has 0 unspecified atom stereocenters. The lowest BCUT2D eigenvalue weighted by Crippen LogP contribution is -2.54. The Kier molecular flexibility index (Phi) is 6.11. The average molecular weight is 396 g/mol. The van der Waals surface area contributed by atoms with E-state index >= 15 is 0 Å². The van der Waals surface area contributed by atoms with Crippen molar-refractivity contribution in [1.29, 1.82) is 0 Å². The Morgan fingerprint density at radius 1 is 1.00 bits per heavy atom. The van der Waals surface area contributed by atoms with E-state index in [-0.39, 0.29) is 11.8 Å². The third-order valence-corrected chi connectivity index (χ3v) is 5.39. The van der Waals surface area contributed by atoms with Gasteiger partial charge in [-0.1, -0.05) is 24.3 Å². The molecule has 0 aromatic heterocycles. The van der Waals surface area contributed by atoms with Crippen molar-refractivity contribution in [2.75, 3.05) is 43.5 Å². The van der Waals surface area contributed by atoms with Crippen molar-refractivity contribution >= 4 is 23.2 Å². The largest absolute Gasteiger partial charge is 0.495 e. The quantitative estimate of drug-likeness (QED) is 0.789. The molecule has 0 saturated carbocycles. The SMILES string of the molecule is COc1ccccc1NC(=O)C(C)(C)C(=O)N1CCN(c2cccc(C)c2)CC1. The number of anilines is 2. The minimum absolute atomic E-state index is 0.159. The van der Waals surface area contributed by atoms with Crippen molar-refractivity contribution in [1.82, 2.24) is 4.90 Å². The molecule has 6 nitrogen and oxygen atoms in total. The standard InChI is InChI=1S/C23H29N3O3/c1-17-8-7-9-18(16-17)25-12-14-26(15-13-25)22(28)23(2,3)21(27)24-19-10-5-6-11-20(19)29-4/h5-11,16H,12-15H2,1-4H3,(H,24,27). The van der Waals surface area contributed by atoms with Crippen LogP contribution in [0.2, 0.25) is 0 Å². The zero-order valence-corrected chi connectivity index (χ0v) is 17.6. The van der Waals surface area contributed by atoms with Crippen LogP contribution in [-0.2, 0) is 9.59 Å². The summed E-state index contributed by atoms with van der Waals surface area (Å²) in [6.45, 7) is 8.11. The molecule has 1 heterocycles. The van der Waals surface area contributed by atoms with Gasteiger partial charge in [-0.25, -0.2) is 0 Å². The Hall–Kier alpha value is -3.02. The smallest absolute Gasteiger partial charge is 0.239 e. The summed E-state index contributed by atoms with van der Waals surface area (Å²) < 4.78 is 5.28. The van der Waals surface area contributed by atoms with Crippen molar-refractivity contribution in [3.63, 3.8) is 0 Å². The third-order valence-electron chi connectivity index (χ3n) is 5.39. The van der Waals surface area contributed by atoms with E-state index in [1.807, 2.05) is 18.2 Å². The maximum Gasteiger partial charge on any atom is 0.239 e. The summed E-state index contributed by atoms with van der Waals surface area (Å²) in [6.07, 6.45) is 0. The molecule has 1 aliphatic heterocycles. The van der Waals surface area contributed by atoms with Crippen LogP contribution >= 0.6 is 0 Å². The molecular formula is C23H29N3O3. The maximum absolute atomic E-state index is 13.1. The predicted octanol–water partition coefficient (Wildman–Crippen LogP) is 3.32. The Bertz CT molecular complexity index is 886. The molecule has 2 aromatic carbocycles. The molecule has 3 rings (SSSR count). The van der Waals surface area contributed by atoms with Crippen molar-refractivity contribution in [3.05, 3.63) is 54.1 Å². The summed E-state index contributed by atoms with van der Waals surface area (Å²) >= 11 is 0. The van der Waals surface area contributed by atoms with Gasteiger partial charge in [0.15, 0.2) is 0 Å². The number of ether oxygens (including phenoxy) is 1. The van der Waals surface area contributed by atoms with Crippen LogP contribution < -0.4 is 15.0 Å². The van der Waals surface area contributed by atoms with Gasteiger partial charge in [0.25, 0.3) is 0 Å². The van der Waals surface area contributed by atoms with E-state index < -0.39 is 5.41 Å². The number of hydrogen-bond acceptors (Lipinski definition) is 4. The Morgan fingerprint density at radius 3 is 2.34 bits per heavy atom. The summed E-state index contributed by atoms with van der Waals surface area (Å²) in [5, 5.41) is 2.84. The van der Waals surface area contributed by atoms with Crippen LogP contribution in [0, 0.1) is 12.3 Å². The molecule has 2 aromatic rings. The minimum atomic E-state index is -1.17. The second-order valence-corrected chi connectivity index (χ2v) is 7.90. The van der Waals surface area contributed by atoms with E-state index in [9.17, 15) is 9.59 Å². The zero-order valence-electron chi connectivity index (χ0n) is 17.6. The molecular weight excluding hydrogens is 366 g/mol. The first-order valence-electron chi connectivity index (χ1n) is 9.88. The van der Waals surface area contributed by atoms with E-state index in [0.29, 0.717) is 24.5 Å². The lowest BCUT2D eigenvalue weighted by atomic mass is 9.89. The van der Waals surface area contributed by atoms with Crippen molar-refractivity contribution in [2.45, 2.75) is 20.8 Å². The van der Waals surface area contributed by atoms with Crippen LogP contribution in [0.5, 0.6) is 5.75 Å². The van der Waals surface area contributed by atoms with Gasteiger partial charge in [-0.05, 0) is 50.6 Å². The van der Waals surface area contributed by atoms with E-state index in [1.54, 1.807) is 38.0 Å². The van der Waals surface area contributed by atoms with Gasteiger partial charge in [0.1, 0.15) is 11.2 Å². The van der Waals surface area contributed by atoms with Gasteiger partial charge < -0.3 is 19.9 Å². The lowest BCUT2D eigenvalue weighted by molar-refractivity contribution is -0.146. The maximum atomic E-state index is 13.1. The van der Waals surface area contributed by atoms with E-state index in [0.717, 1.165) is 13.1 Å². The minimum Gasteiger partial charge on any atom is -0.495 e.